The summed E-state index contributed by atoms with van der Waals surface area (Å²) in [5, 5.41) is 0. The first kappa shape index (κ1) is 16.4. The normalized spacial score (nSPS) is 20.5. The van der Waals surface area contributed by atoms with E-state index in [9.17, 15) is 13.2 Å². The molecule has 7 heteroatoms. The molecular formula is C16H21NO5S. The van der Waals surface area contributed by atoms with Crippen LogP contribution in [0.15, 0.2) is 29.2 Å². The highest BCUT2D eigenvalue weighted by Crippen LogP contribution is 2.27. The fraction of sp³-hybridized carbons (Fsp3) is 0.562. The van der Waals surface area contributed by atoms with Gasteiger partial charge in [-0.15, -0.1) is 0 Å². The van der Waals surface area contributed by atoms with Crippen LogP contribution in [0.5, 0.6) is 5.75 Å². The number of carbonyl (C=O) groups is 1. The highest BCUT2D eigenvalue weighted by atomic mass is 32.2. The molecule has 6 nitrogen and oxygen atoms in total. The van der Waals surface area contributed by atoms with Gasteiger partial charge in [-0.1, -0.05) is 12.8 Å². The van der Waals surface area contributed by atoms with Gasteiger partial charge in [0, 0.05) is 13.1 Å². The van der Waals surface area contributed by atoms with Gasteiger partial charge in [-0.05, 0) is 37.1 Å². The molecule has 0 spiro atoms. The molecule has 126 valence electrons. The Kier molecular flexibility index (Phi) is 4.99. The van der Waals surface area contributed by atoms with Crippen molar-refractivity contribution < 1.29 is 22.7 Å². The molecule has 1 aliphatic carbocycles. The van der Waals surface area contributed by atoms with E-state index in [1.54, 1.807) is 12.1 Å². The van der Waals surface area contributed by atoms with Crippen LogP contribution in [0.1, 0.15) is 25.7 Å². The van der Waals surface area contributed by atoms with Gasteiger partial charge in [-0.25, -0.2) is 8.42 Å². The van der Waals surface area contributed by atoms with Crippen LogP contribution >= 0.6 is 0 Å². The minimum absolute atomic E-state index is 0.0215. The third-order valence-corrected chi connectivity index (χ3v) is 6.25. The zero-order valence-electron chi connectivity index (χ0n) is 12.9. The summed E-state index contributed by atoms with van der Waals surface area (Å²) in [5.41, 5.74) is 0. The Morgan fingerprint density at radius 1 is 1.09 bits per heavy atom. The largest absolute Gasteiger partial charge is 0.426 e. The molecule has 1 heterocycles. The fourth-order valence-electron chi connectivity index (χ4n) is 2.98. The van der Waals surface area contributed by atoms with Crippen molar-refractivity contribution in [3.05, 3.63) is 24.3 Å². The second kappa shape index (κ2) is 6.98. The Balaban J connectivity index is 1.67. The topological polar surface area (TPSA) is 72.9 Å². The number of esters is 1. The third kappa shape index (κ3) is 3.73. The van der Waals surface area contributed by atoms with Gasteiger partial charge in [0.05, 0.1) is 24.0 Å². The van der Waals surface area contributed by atoms with Crippen molar-refractivity contribution in [3.8, 4) is 5.75 Å². The zero-order valence-corrected chi connectivity index (χ0v) is 13.8. The maximum atomic E-state index is 12.5. The number of hydrogen-bond donors (Lipinski definition) is 0. The van der Waals surface area contributed by atoms with Crippen molar-refractivity contribution in [1.82, 2.24) is 4.31 Å². The summed E-state index contributed by atoms with van der Waals surface area (Å²) in [4.78, 5) is 12.2. The van der Waals surface area contributed by atoms with Crippen molar-refractivity contribution in [2.45, 2.75) is 30.6 Å². The molecule has 0 radical (unpaired) electrons. The van der Waals surface area contributed by atoms with Crippen LogP contribution < -0.4 is 4.74 Å². The average molecular weight is 339 g/mol. The van der Waals surface area contributed by atoms with Crippen molar-refractivity contribution in [3.63, 3.8) is 0 Å². The Labute approximate surface area is 136 Å². The van der Waals surface area contributed by atoms with Crippen LogP contribution in [-0.2, 0) is 19.6 Å². The molecule has 0 atom stereocenters. The lowest BCUT2D eigenvalue weighted by Crippen LogP contribution is -2.40. The number of ether oxygens (including phenoxy) is 2. The lowest BCUT2D eigenvalue weighted by Gasteiger charge is -2.26. The van der Waals surface area contributed by atoms with Gasteiger partial charge in [0.1, 0.15) is 5.75 Å². The van der Waals surface area contributed by atoms with Crippen molar-refractivity contribution >= 4 is 16.0 Å². The van der Waals surface area contributed by atoms with Crippen LogP contribution in [0, 0.1) is 5.92 Å². The molecule has 0 bridgehead atoms. The van der Waals surface area contributed by atoms with Gasteiger partial charge >= 0.3 is 5.97 Å². The van der Waals surface area contributed by atoms with E-state index >= 15 is 0 Å². The first-order chi connectivity index (χ1) is 11.1. The Bertz CT molecular complexity index is 644. The van der Waals surface area contributed by atoms with Crippen molar-refractivity contribution in [2.75, 3.05) is 26.3 Å². The lowest BCUT2D eigenvalue weighted by molar-refractivity contribution is -0.138. The Morgan fingerprint density at radius 3 is 2.30 bits per heavy atom. The maximum Gasteiger partial charge on any atom is 0.314 e. The first-order valence-corrected chi connectivity index (χ1v) is 9.41. The predicted molar refractivity (Wildman–Crippen MR) is 83.6 cm³/mol. The second-order valence-electron chi connectivity index (χ2n) is 5.89. The lowest BCUT2D eigenvalue weighted by atomic mass is 10.1. The van der Waals surface area contributed by atoms with Gasteiger partial charge in [0.25, 0.3) is 0 Å². The summed E-state index contributed by atoms with van der Waals surface area (Å²) in [6, 6.07) is 6.06. The number of hydrogen-bond acceptors (Lipinski definition) is 5. The van der Waals surface area contributed by atoms with Gasteiger partial charge < -0.3 is 9.47 Å². The summed E-state index contributed by atoms with van der Waals surface area (Å²) in [7, 11) is -3.51. The number of carbonyl (C=O) groups excluding carboxylic acids is 1. The molecule has 0 unspecified atom stereocenters. The SMILES string of the molecule is O=C(Oc1ccc(S(=O)(=O)N2CCOCC2)cc1)C1CCCC1. The summed E-state index contributed by atoms with van der Waals surface area (Å²) in [5.74, 6) is 0.154. The quantitative estimate of drug-likeness (QED) is 0.618. The molecule has 3 rings (SSSR count). The molecular weight excluding hydrogens is 318 g/mol. The van der Waals surface area contributed by atoms with Gasteiger partial charge in [0.2, 0.25) is 10.0 Å². The smallest absolute Gasteiger partial charge is 0.314 e. The predicted octanol–water partition coefficient (Wildman–Crippen LogP) is 1.80. The molecule has 0 amide bonds. The molecule has 1 aromatic rings. The molecule has 1 aromatic carbocycles. The zero-order chi connectivity index (χ0) is 16.3. The van der Waals surface area contributed by atoms with E-state index in [0.29, 0.717) is 32.1 Å². The molecule has 0 aromatic heterocycles. The molecule has 2 aliphatic rings. The van der Waals surface area contributed by atoms with Crippen LogP contribution in [-0.4, -0.2) is 45.0 Å². The Morgan fingerprint density at radius 2 is 1.70 bits per heavy atom. The molecule has 0 N–H and O–H groups in total. The number of rotatable bonds is 4. The first-order valence-electron chi connectivity index (χ1n) is 7.97. The summed E-state index contributed by atoms with van der Waals surface area (Å²) in [6.07, 6.45) is 3.89. The van der Waals surface area contributed by atoms with E-state index in [0.717, 1.165) is 25.7 Å². The Hall–Kier alpha value is -1.44. The highest BCUT2D eigenvalue weighted by molar-refractivity contribution is 7.89. The average Bonchev–Trinajstić information content (AvgIpc) is 3.11. The number of sulfonamides is 1. The van der Waals surface area contributed by atoms with Crippen LogP contribution in [0.2, 0.25) is 0 Å². The monoisotopic (exact) mass is 339 g/mol. The number of nitrogens with zero attached hydrogens (tertiary/aromatic N) is 1. The number of morpholine rings is 1. The van der Waals surface area contributed by atoms with Gasteiger partial charge in [-0.3, -0.25) is 4.79 Å². The summed E-state index contributed by atoms with van der Waals surface area (Å²) >= 11 is 0. The third-order valence-electron chi connectivity index (χ3n) is 4.34. The fourth-order valence-corrected chi connectivity index (χ4v) is 4.38. The summed E-state index contributed by atoms with van der Waals surface area (Å²) in [6.45, 7) is 1.55. The molecule has 1 saturated carbocycles. The second-order valence-corrected chi connectivity index (χ2v) is 7.83. The van der Waals surface area contributed by atoms with Crippen LogP contribution in [0.3, 0.4) is 0 Å². The minimum Gasteiger partial charge on any atom is -0.426 e. The van der Waals surface area contributed by atoms with E-state index < -0.39 is 10.0 Å². The van der Waals surface area contributed by atoms with E-state index in [4.69, 9.17) is 9.47 Å². The molecule has 1 aliphatic heterocycles. The van der Waals surface area contributed by atoms with E-state index in [1.165, 1.54) is 16.4 Å². The van der Waals surface area contributed by atoms with Gasteiger partial charge in [-0.2, -0.15) is 4.31 Å². The maximum absolute atomic E-state index is 12.5. The van der Waals surface area contributed by atoms with Crippen molar-refractivity contribution in [1.29, 1.82) is 0 Å². The minimum atomic E-state index is -3.51. The van der Waals surface area contributed by atoms with Crippen LogP contribution in [0.25, 0.3) is 0 Å². The van der Waals surface area contributed by atoms with E-state index in [-0.39, 0.29) is 16.8 Å². The highest BCUT2D eigenvalue weighted by Gasteiger charge is 2.27. The summed E-state index contributed by atoms with van der Waals surface area (Å²) < 4.78 is 36.9. The molecule has 23 heavy (non-hydrogen) atoms. The molecule has 1 saturated heterocycles. The van der Waals surface area contributed by atoms with E-state index in [2.05, 4.69) is 0 Å². The van der Waals surface area contributed by atoms with E-state index in [1.807, 2.05) is 0 Å². The standard InChI is InChI=1S/C16H21NO5S/c18-16(13-3-1-2-4-13)22-14-5-7-15(8-6-14)23(19,20)17-9-11-21-12-10-17/h5-8,13H,1-4,9-12H2. The number of benzene rings is 1. The van der Waals surface area contributed by atoms with Crippen molar-refractivity contribution in [2.24, 2.45) is 5.92 Å². The van der Waals surface area contributed by atoms with Crippen LogP contribution in [0.4, 0.5) is 0 Å². The molecule has 2 fully saturated rings. The van der Waals surface area contributed by atoms with Gasteiger partial charge in [0.15, 0.2) is 0 Å².